The number of fused-ring (bicyclic) bond motifs is 1. The van der Waals surface area contributed by atoms with Crippen LogP contribution in [0.15, 0.2) is 48.5 Å². The number of aliphatic hydroxyl groups is 1. The Kier molecular flexibility index (Phi) is 4.44. The third-order valence-corrected chi connectivity index (χ3v) is 5.12. The number of thiophene rings is 1. The highest BCUT2D eigenvalue weighted by Gasteiger charge is 2.09. The fraction of sp³-hybridized carbons (Fsp3) is 0.176. The fourth-order valence-corrected chi connectivity index (χ4v) is 3.72. The lowest BCUT2D eigenvalue weighted by atomic mass is 10.1. The van der Waals surface area contributed by atoms with Crippen LogP contribution in [0, 0.1) is 0 Å². The maximum atomic E-state index is 8.91. The molecule has 2 aromatic carbocycles. The van der Waals surface area contributed by atoms with Gasteiger partial charge in [-0.1, -0.05) is 41.9 Å². The standard InChI is InChI=1S/C17H16ClNOS/c18-17-14-3-1-2-4-15(14)21-16(17)11-19-13-7-5-12(6-8-13)9-10-20/h1-8,19-20H,9-11H2. The Bertz CT molecular complexity index is 736. The van der Waals surface area contributed by atoms with E-state index in [9.17, 15) is 0 Å². The summed E-state index contributed by atoms with van der Waals surface area (Å²) in [6.07, 6.45) is 0.697. The van der Waals surface area contributed by atoms with Gasteiger partial charge in [-0.15, -0.1) is 11.3 Å². The molecule has 0 aliphatic carbocycles. The summed E-state index contributed by atoms with van der Waals surface area (Å²) in [5.41, 5.74) is 2.20. The second-order valence-electron chi connectivity index (χ2n) is 4.86. The van der Waals surface area contributed by atoms with Crippen LogP contribution in [0.25, 0.3) is 10.1 Å². The minimum absolute atomic E-state index is 0.185. The summed E-state index contributed by atoms with van der Waals surface area (Å²) in [5, 5.41) is 14.3. The van der Waals surface area contributed by atoms with Gasteiger partial charge in [-0.25, -0.2) is 0 Å². The minimum Gasteiger partial charge on any atom is -0.396 e. The molecule has 0 radical (unpaired) electrons. The number of hydrogen-bond donors (Lipinski definition) is 2. The lowest BCUT2D eigenvalue weighted by molar-refractivity contribution is 0.299. The first-order valence-corrected chi connectivity index (χ1v) is 8.07. The number of benzene rings is 2. The van der Waals surface area contributed by atoms with Crippen molar-refractivity contribution >= 4 is 38.7 Å². The molecule has 0 spiro atoms. The van der Waals surface area contributed by atoms with E-state index in [-0.39, 0.29) is 6.61 Å². The number of nitrogens with one attached hydrogen (secondary N) is 1. The highest BCUT2D eigenvalue weighted by atomic mass is 35.5. The summed E-state index contributed by atoms with van der Waals surface area (Å²) in [6.45, 7) is 0.904. The molecule has 2 N–H and O–H groups in total. The van der Waals surface area contributed by atoms with Crippen molar-refractivity contribution in [1.82, 2.24) is 0 Å². The normalized spacial score (nSPS) is 11.0. The van der Waals surface area contributed by atoms with Crippen LogP contribution in [-0.4, -0.2) is 11.7 Å². The van der Waals surface area contributed by atoms with Gasteiger partial charge in [-0.3, -0.25) is 0 Å². The summed E-state index contributed by atoms with van der Waals surface area (Å²) in [7, 11) is 0. The summed E-state index contributed by atoms with van der Waals surface area (Å²) in [4.78, 5) is 1.15. The third kappa shape index (κ3) is 3.21. The lowest BCUT2D eigenvalue weighted by Gasteiger charge is -2.06. The Morgan fingerprint density at radius 2 is 1.81 bits per heavy atom. The zero-order valence-corrected chi connectivity index (χ0v) is 13.0. The molecule has 0 aliphatic rings. The quantitative estimate of drug-likeness (QED) is 0.714. The Morgan fingerprint density at radius 3 is 2.52 bits per heavy atom. The van der Waals surface area contributed by atoms with Crippen molar-refractivity contribution in [2.75, 3.05) is 11.9 Å². The summed E-state index contributed by atoms with van der Waals surface area (Å²) in [6, 6.07) is 16.3. The Balaban J connectivity index is 1.72. The predicted molar refractivity (Wildman–Crippen MR) is 91.4 cm³/mol. The first kappa shape index (κ1) is 14.4. The third-order valence-electron chi connectivity index (χ3n) is 3.41. The first-order valence-electron chi connectivity index (χ1n) is 6.87. The molecule has 21 heavy (non-hydrogen) atoms. The highest BCUT2D eigenvalue weighted by molar-refractivity contribution is 7.19. The van der Waals surface area contributed by atoms with Crippen molar-refractivity contribution in [2.45, 2.75) is 13.0 Å². The minimum atomic E-state index is 0.185. The molecule has 0 saturated carbocycles. The van der Waals surface area contributed by atoms with E-state index in [0.717, 1.165) is 33.1 Å². The molecular formula is C17H16ClNOS. The Morgan fingerprint density at radius 1 is 1.05 bits per heavy atom. The number of halogens is 1. The van der Waals surface area contributed by atoms with Gasteiger partial charge in [0.2, 0.25) is 0 Å². The maximum absolute atomic E-state index is 8.91. The largest absolute Gasteiger partial charge is 0.396 e. The fourth-order valence-electron chi connectivity index (χ4n) is 2.28. The number of aliphatic hydroxyl groups excluding tert-OH is 1. The molecule has 3 rings (SSSR count). The van der Waals surface area contributed by atoms with Crippen molar-refractivity contribution in [2.24, 2.45) is 0 Å². The van der Waals surface area contributed by atoms with Gasteiger partial charge < -0.3 is 10.4 Å². The highest BCUT2D eigenvalue weighted by Crippen LogP contribution is 2.35. The molecule has 2 nitrogen and oxygen atoms in total. The van der Waals surface area contributed by atoms with E-state index >= 15 is 0 Å². The van der Waals surface area contributed by atoms with Crippen molar-refractivity contribution in [1.29, 1.82) is 0 Å². The van der Waals surface area contributed by atoms with Crippen molar-refractivity contribution < 1.29 is 5.11 Å². The van der Waals surface area contributed by atoms with Crippen LogP contribution >= 0.6 is 22.9 Å². The van der Waals surface area contributed by atoms with Crippen LogP contribution in [0.5, 0.6) is 0 Å². The molecule has 0 aliphatic heterocycles. The topological polar surface area (TPSA) is 32.3 Å². The molecule has 0 saturated heterocycles. The molecule has 0 amide bonds. The van der Waals surface area contributed by atoms with Gasteiger partial charge in [0, 0.05) is 27.3 Å². The number of hydrogen-bond acceptors (Lipinski definition) is 3. The monoisotopic (exact) mass is 317 g/mol. The van der Waals surface area contributed by atoms with Gasteiger partial charge in [-0.2, -0.15) is 0 Å². The van der Waals surface area contributed by atoms with E-state index in [1.165, 1.54) is 4.70 Å². The van der Waals surface area contributed by atoms with E-state index in [0.29, 0.717) is 6.42 Å². The van der Waals surface area contributed by atoms with Crippen LogP contribution < -0.4 is 5.32 Å². The van der Waals surface area contributed by atoms with Gasteiger partial charge in [0.05, 0.1) is 11.6 Å². The average molecular weight is 318 g/mol. The molecule has 0 bridgehead atoms. The van der Waals surface area contributed by atoms with Gasteiger partial charge in [0.25, 0.3) is 0 Å². The van der Waals surface area contributed by atoms with Crippen LogP contribution in [0.1, 0.15) is 10.4 Å². The molecule has 0 fully saturated rings. The van der Waals surface area contributed by atoms with Crippen LogP contribution in [0.4, 0.5) is 5.69 Å². The van der Waals surface area contributed by atoms with E-state index in [1.54, 1.807) is 11.3 Å². The summed E-state index contributed by atoms with van der Waals surface area (Å²) in [5.74, 6) is 0. The van der Waals surface area contributed by atoms with Gasteiger partial charge in [-0.05, 0) is 30.2 Å². The first-order chi connectivity index (χ1) is 10.3. The molecule has 0 unspecified atom stereocenters. The second-order valence-corrected chi connectivity index (χ2v) is 6.37. The summed E-state index contributed by atoms with van der Waals surface area (Å²) >= 11 is 8.16. The molecule has 1 aromatic heterocycles. The van der Waals surface area contributed by atoms with E-state index < -0.39 is 0 Å². The van der Waals surface area contributed by atoms with Crippen molar-refractivity contribution in [3.8, 4) is 0 Å². The maximum Gasteiger partial charge on any atom is 0.0642 e. The number of rotatable bonds is 5. The van der Waals surface area contributed by atoms with Crippen molar-refractivity contribution in [3.63, 3.8) is 0 Å². The SMILES string of the molecule is OCCc1ccc(NCc2sc3ccccc3c2Cl)cc1. The van der Waals surface area contributed by atoms with Crippen LogP contribution in [0.3, 0.4) is 0 Å². The van der Waals surface area contributed by atoms with E-state index in [1.807, 2.05) is 36.4 Å². The van der Waals surface area contributed by atoms with E-state index in [2.05, 4.69) is 17.4 Å². The van der Waals surface area contributed by atoms with Gasteiger partial charge in [0.15, 0.2) is 0 Å². The molecule has 1 heterocycles. The smallest absolute Gasteiger partial charge is 0.0642 e. The van der Waals surface area contributed by atoms with Gasteiger partial charge >= 0.3 is 0 Å². The molecule has 0 atom stereocenters. The van der Waals surface area contributed by atoms with Crippen molar-refractivity contribution in [3.05, 3.63) is 64.0 Å². The van der Waals surface area contributed by atoms with Gasteiger partial charge in [0.1, 0.15) is 0 Å². The predicted octanol–water partition coefficient (Wildman–Crippen LogP) is 4.70. The molecule has 108 valence electrons. The lowest BCUT2D eigenvalue weighted by Crippen LogP contribution is -1.98. The molecule has 4 heteroatoms. The van der Waals surface area contributed by atoms with Crippen LogP contribution in [-0.2, 0) is 13.0 Å². The van der Waals surface area contributed by atoms with Crippen LogP contribution in [0.2, 0.25) is 5.02 Å². The average Bonchev–Trinajstić information content (AvgIpc) is 2.84. The molecular weight excluding hydrogens is 302 g/mol. The molecule has 3 aromatic rings. The Labute approximate surface area is 133 Å². The Hall–Kier alpha value is -1.55. The zero-order valence-electron chi connectivity index (χ0n) is 11.5. The number of anilines is 1. The summed E-state index contributed by atoms with van der Waals surface area (Å²) < 4.78 is 1.22. The van der Waals surface area contributed by atoms with E-state index in [4.69, 9.17) is 16.7 Å². The second kappa shape index (κ2) is 6.48. The zero-order chi connectivity index (χ0) is 14.7.